The molecule has 2 aromatic carbocycles. The Balaban J connectivity index is 1.65. The zero-order chi connectivity index (χ0) is 14.7. The molecule has 0 atom stereocenters. The molecule has 0 aromatic heterocycles. The Morgan fingerprint density at radius 2 is 1.86 bits per heavy atom. The summed E-state index contributed by atoms with van der Waals surface area (Å²) in [5.74, 6) is 0.668. The number of carbonyl (C=O) groups excluding carboxylic acids is 1. The molecule has 0 radical (unpaired) electrons. The van der Waals surface area contributed by atoms with Gasteiger partial charge in [-0.2, -0.15) is 0 Å². The van der Waals surface area contributed by atoms with Crippen molar-refractivity contribution in [2.45, 2.75) is 4.90 Å². The largest absolute Gasteiger partial charge is 0.485 e. The first-order chi connectivity index (χ1) is 10.2. The second-order valence-electron chi connectivity index (χ2n) is 4.68. The maximum Gasteiger partial charge on any atom is 0.195 e. The highest BCUT2D eigenvalue weighted by Gasteiger charge is 2.21. The number of anilines is 1. The van der Waals surface area contributed by atoms with E-state index < -0.39 is 0 Å². The van der Waals surface area contributed by atoms with Crippen molar-refractivity contribution in [2.75, 3.05) is 18.6 Å². The molecule has 106 valence electrons. The number of hydrogen-bond acceptors (Lipinski definition) is 4. The van der Waals surface area contributed by atoms with Gasteiger partial charge in [0.2, 0.25) is 0 Å². The minimum atomic E-state index is -0.0407. The van der Waals surface area contributed by atoms with Crippen LogP contribution in [0.15, 0.2) is 70.6 Å². The van der Waals surface area contributed by atoms with Crippen molar-refractivity contribution in [1.29, 1.82) is 0 Å². The highest BCUT2D eigenvalue weighted by Crippen LogP contribution is 2.44. The summed E-state index contributed by atoms with van der Waals surface area (Å²) in [4.78, 5) is 15.2. The van der Waals surface area contributed by atoms with E-state index in [1.807, 2.05) is 60.5 Å². The molecule has 0 aliphatic carbocycles. The number of hydrogen-bond donors (Lipinski definition) is 0. The second kappa shape index (κ2) is 6.06. The average molecular weight is 297 g/mol. The van der Waals surface area contributed by atoms with E-state index in [-0.39, 0.29) is 12.4 Å². The van der Waals surface area contributed by atoms with Crippen LogP contribution < -0.4 is 9.64 Å². The maximum absolute atomic E-state index is 12.0. The lowest BCUT2D eigenvalue weighted by atomic mass is 10.3. The van der Waals surface area contributed by atoms with Crippen molar-refractivity contribution in [1.82, 2.24) is 0 Å². The monoisotopic (exact) mass is 297 g/mol. The third-order valence-corrected chi connectivity index (χ3v) is 4.35. The Morgan fingerprint density at radius 1 is 1.14 bits per heavy atom. The minimum absolute atomic E-state index is 0.0407. The number of rotatable bonds is 4. The van der Waals surface area contributed by atoms with Gasteiger partial charge in [-0.05, 0) is 24.3 Å². The zero-order valence-electron chi connectivity index (χ0n) is 11.7. The predicted molar refractivity (Wildman–Crippen MR) is 85.7 cm³/mol. The van der Waals surface area contributed by atoms with Crippen molar-refractivity contribution in [3.63, 3.8) is 0 Å². The summed E-state index contributed by atoms with van der Waals surface area (Å²) < 4.78 is 5.47. The van der Waals surface area contributed by atoms with Gasteiger partial charge in [-0.3, -0.25) is 4.79 Å². The number of para-hydroxylation sites is 2. The van der Waals surface area contributed by atoms with Gasteiger partial charge in [-0.25, -0.2) is 0 Å². The molecule has 21 heavy (non-hydrogen) atoms. The molecule has 0 spiro atoms. The molecule has 1 aliphatic heterocycles. The maximum atomic E-state index is 12.0. The summed E-state index contributed by atoms with van der Waals surface area (Å²) in [6.45, 7) is 0.0538. The summed E-state index contributed by atoms with van der Waals surface area (Å²) >= 11 is 1.60. The zero-order valence-corrected chi connectivity index (χ0v) is 12.5. The van der Waals surface area contributed by atoms with Crippen LogP contribution in [0, 0.1) is 0 Å². The molecule has 2 aromatic rings. The SMILES string of the molecule is CN1/C(=C\C(=O)COc2ccccc2)Sc2ccccc21. The first-order valence-corrected chi connectivity index (χ1v) is 7.49. The summed E-state index contributed by atoms with van der Waals surface area (Å²) in [6, 6.07) is 17.5. The van der Waals surface area contributed by atoms with Gasteiger partial charge in [0.15, 0.2) is 12.4 Å². The second-order valence-corrected chi connectivity index (χ2v) is 5.74. The fourth-order valence-electron chi connectivity index (χ4n) is 2.10. The van der Waals surface area contributed by atoms with Crippen molar-refractivity contribution in [3.8, 4) is 5.75 Å². The van der Waals surface area contributed by atoms with Crippen LogP contribution in [0.25, 0.3) is 0 Å². The molecule has 0 saturated heterocycles. The van der Waals surface area contributed by atoms with Gasteiger partial charge in [0.25, 0.3) is 0 Å². The van der Waals surface area contributed by atoms with Crippen LogP contribution in [-0.4, -0.2) is 19.4 Å². The summed E-state index contributed by atoms with van der Waals surface area (Å²) in [7, 11) is 1.97. The number of carbonyl (C=O) groups is 1. The molecule has 0 bridgehead atoms. The minimum Gasteiger partial charge on any atom is -0.485 e. The molecule has 0 saturated carbocycles. The fraction of sp³-hybridized carbons (Fsp3) is 0.118. The Morgan fingerprint density at radius 3 is 2.62 bits per heavy atom. The van der Waals surface area contributed by atoms with Gasteiger partial charge in [-0.15, -0.1) is 0 Å². The molecule has 3 nitrogen and oxygen atoms in total. The smallest absolute Gasteiger partial charge is 0.195 e. The molecule has 0 unspecified atom stereocenters. The Labute approximate surface area is 128 Å². The van der Waals surface area contributed by atoms with E-state index in [9.17, 15) is 4.79 Å². The van der Waals surface area contributed by atoms with E-state index in [2.05, 4.69) is 6.07 Å². The molecule has 0 amide bonds. The number of thioether (sulfide) groups is 1. The fourth-order valence-corrected chi connectivity index (χ4v) is 3.20. The summed E-state index contributed by atoms with van der Waals surface area (Å²) in [5, 5.41) is 0.929. The third kappa shape index (κ3) is 3.11. The molecule has 0 N–H and O–H groups in total. The lowest BCUT2D eigenvalue weighted by Crippen LogP contribution is -2.14. The Bertz CT molecular complexity index is 682. The highest BCUT2D eigenvalue weighted by atomic mass is 32.2. The Kier molecular flexibility index (Phi) is 3.97. The van der Waals surface area contributed by atoms with E-state index in [0.29, 0.717) is 5.75 Å². The van der Waals surface area contributed by atoms with E-state index in [1.54, 1.807) is 17.8 Å². The summed E-state index contributed by atoms with van der Waals surface area (Å²) in [6.07, 6.45) is 1.65. The normalized spacial score (nSPS) is 15.1. The van der Waals surface area contributed by atoms with Gasteiger partial charge in [-0.1, -0.05) is 42.1 Å². The highest BCUT2D eigenvalue weighted by molar-refractivity contribution is 8.03. The first kappa shape index (κ1) is 13.8. The van der Waals surface area contributed by atoms with Gasteiger partial charge in [0.1, 0.15) is 5.75 Å². The van der Waals surface area contributed by atoms with Crippen molar-refractivity contribution in [3.05, 3.63) is 65.7 Å². The van der Waals surface area contributed by atoms with Gasteiger partial charge in [0.05, 0.1) is 10.7 Å². The lowest BCUT2D eigenvalue weighted by Gasteiger charge is -2.13. The predicted octanol–water partition coefficient (Wildman–Crippen LogP) is 3.72. The van der Waals surface area contributed by atoms with Crippen LogP contribution in [0.5, 0.6) is 5.75 Å². The third-order valence-electron chi connectivity index (χ3n) is 3.18. The van der Waals surface area contributed by atoms with Crippen LogP contribution in [0.3, 0.4) is 0 Å². The van der Waals surface area contributed by atoms with Crippen molar-refractivity contribution in [2.24, 2.45) is 0 Å². The molecular weight excluding hydrogens is 282 g/mol. The van der Waals surface area contributed by atoms with E-state index in [4.69, 9.17) is 4.74 Å². The molecule has 4 heteroatoms. The van der Waals surface area contributed by atoms with Gasteiger partial charge >= 0.3 is 0 Å². The standard InChI is InChI=1S/C17H15NO2S/c1-18-15-9-5-6-10-16(15)21-17(18)11-13(19)12-20-14-7-3-2-4-8-14/h2-11H,12H2,1H3/b17-11+. The van der Waals surface area contributed by atoms with Crippen LogP contribution in [0.2, 0.25) is 0 Å². The molecule has 3 rings (SSSR count). The van der Waals surface area contributed by atoms with Gasteiger partial charge in [0, 0.05) is 18.0 Å². The van der Waals surface area contributed by atoms with Crippen LogP contribution >= 0.6 is 11.8 Å². The van der Waals surface area contributed by atoms with Crippen molar-refractivity contribution >= 4 is 23.2 Å². The van der Waals surface area contributed by atoms with E-state index in [0.717, 1.165) is 10.7 Å². The summed E-state index contributed by atoms with van der Waals surface area (Å²) in [5.41, 5.74) is 1.13. The number of nitrogens with zero attached hydrogens (tertiary/aromatic N) is 1. The molecule has 1 aliphatic rings. The Hall–Kier alpha value is -2.20. The van der Waals surface area contributed by atoms with E-state index >= 15 is 0 Å². The molecular formula is C17H15NO2S. The molecule has 0 fully saturated rings. The van der Waals surface area contributed by atoms with Crippen LogP contribution in [0.1, 0.15) is 0 Å². The number of fused-ring (bicyclic) bond motifs is 1. The topological polar surface area (TPSA) is 29.5 Å². The average Bonchev–Trinajstić information content (AvgIpc) is 2.83. The van der Waals surface area contributed by atoms with Crippen molar-refractivity contribution < 1.29 is 9.53 Å². The molecule has 1 heterocycles. The van der Waals surface area contributed by atoms with Crippen LogP contribution in [-0.2, 0) is 4.79 Å². The van der Waals surface area contributed by atoms with E-state index in [1.165, 1.54) is 4.90 Å². The first-order valence-electron chi connectivity index (χ1n) is 6.67. The number of ketones is 1. The van der Waals surface area contributed by atoms with Gasteiger partial charge < -0.3 is 9.64 Å². The van der Waals surface area contributed by atoms with Crippen LogP contribution in [0.4, 0.5) is 5.69 Å². The lowest BCUT2D eigenvalue weighted by molar-refractivity contribution is -0.116. The number of benzene rings is 2. The quantitative estimate of drug-likeness (QED) is 0.805. The number of ether oxygens (including phenoxy) is 1.